The molecule has 0 fully saturated rings. The molecule has 2 N–H and O–H groups in total. The van der Waals surface area contributed by atoms with Gasteiger partial charge in [-0.1, -0.05) is 30.0 Å². The van der Waals surface area contributed by atoms with Crippen LogP contribution in [0.4, 0.5) is 11.4 Å². The summed E-state index contributed by atoms with van der Waals surface area (Å²) in [4.78, 5) is 23.7. The second kappa shape index (κ2) is 9.58. The number of rotatable bonds is 7. The average molecular weight is 424 g/mol. The van der Waals surface area contributed by atoms with Crippen molar-refractivity contribution in [2.45, 2.75) is 39.4 Å². The summed E-state index contributed by atoms with van der Waals surface area (Å²) in [7, 11) is 0. The van der Waals surface area contributed by atoms with Gasteiger partial charge in [0.2, 0.25) is 11.8 Å². The van der Waals surface area contributed by atoms with E-state index >= 15 is 0 Å². The number of carbonyl (C=O) groups is 2. The summed E-state index contributed by atoms with van der Waals surface area (Å²) in [6, 6.07) is 13.3. The van der Waals surface area contributed by atoms with E-state index in [9.17, 15) is 9.59 Å². The van der Waals surface area contributed by atoms with Crippen LogP contribution in [0, 0.1) is 13.8 Å². The zero-order valence-corrected chi connectivity index (χ0v) is 18.3. The number of hydrogen-bond donors (Lipinski definition) is 2. The molecule has 8 heteroatoms. The lowest BCUT2D eigenvalue weighted by Crippen LogP contribution is -2.14. The van der Waals surface area contributed by atoms with Crippen molar-refractivity contribution < 1.29 is 9.59 Å². The third-order valence-electron chi connectivity index (χ3n) is 4.60. The van der Waals surface area contributed by atoms with Crippen LogP contribution < -0.4 is 10.6 Å². The summed E-state index contributed by atoms with van der Waals surface area (Å²) >= 11 is 1.34. The van der Waals surface area contributed by atoms with Crippen LogP contribution in [0.25, 0.3) is 11.4 Å². The number of hydrogen-bond acceptors (Lipinski definition) is 5. The van der Waals surface area contributed by atoms with Gasteiger partial charge in [0.05, 0.1) is 5.75 Å². The van der Waals surface area contributed by atoms with Crippen molar-refractivity contribution in [3.63, 3.8) is 0 Å². The first-order valence-corrected chi connectivity index (χ1v) is 10.7. The summed E-state index contributed by atoms with van der Waals surface area (Å²) in [5, 5.41) is 14.9. The second-order valence-corrected chi connectivity index (χ2v) is 7.89. The molecule has 2 aromatic carbocycles. The SMILES string of the molecule is CCn1c(SCC(=O)Nc2ccc(C)c(C)c2)nnc1-c1cccc(NC(C)=O)c1. The molecule has 2 amide bonds. The summed E-state index contributed by atoms with van der Waals surface area (Å²) in [5.74, 6) is 0.705. The fourth-order valence-electron chi connectivity index (χ4n) is 2.98. The number of nitrogens with zero attached hydrogens (tertiary/aromatic N) is 3. The Morgan fingerprint density at radius 3 is 2.47 bits per heavy atom. The second-order valence-electron chi connectivity index (χ2n) is 6.95. The van der Waals surface area contributed by atoms with Crippen molar-refractivity contribution in [1.82, 2.24) is 14.8 Å². The molecule has 7 nitrogen and oxygen atoms in total. The summed E-state index contributed by atoms with van der Waals surface area (Å²) in [6.07, 6.45) is 0. The van der Waals surface area contributed by atoms with Crippen LogP contribution in [0.15, 0.2) is 47.6 Å². The largest absolute Gasteiger partial charge is 0.326 e. The minimum atomic E-state index is -0.130. The van der Waals surface area contributed by atoms with Crippen LogP contribution >= 0.6 is 11.8 Å². The lowest BCUT2D eigenvalue weighted by atomic mass is 10.1. The van der Waals surface area contributed by atoms with Gasteiger partial charge in [-0.05, 0) is 56.2 Å². The standard InChI is InChI=1S/C22H25N5O2S/c1-5-27-21(17-7-6-8-18(12-17)23-16(4)28)25-26-22(27)30-13-20(29)24-19-10-9-14(2)15(3)11-19/h6-12H,5,13H2,1-4H3,(H,23,28)(H,24,29). The third-order valence-corrected chi connectivity index (χ3v) is 5.56. The van der Waals surface area contributed by atoms with Gasteiger partial charge in [0.1, 0.15) is 0 Å². The first kappa shape index (κ1) is 21.6. The molecule has 0 saturated carbocycles. The van der Waals surface area contributed by atoms with E-state index in [1.54, 1.807) is 0 Å². The predicted octanol–water partition coefficient (Wildman–Crippen LogP) is 4.27. The Balaban J connectivity index is 1.70. The molecule has 3 aromatic rings. The molecule has 0 unspecified atom stereocenters. The van der Waals surface area contributed by atoms with E-state index in [1.807, 2.05) is 67.8 Å². The van der Waals surface area contributed by atoms with E-state index in [-0.39, 0.29) is 17.6 Å². The van der Waals surface area contributed by atoms with Gasteiger partial charge in [0.25, 0.3) is 0 Å². The Labute approximate surface area is 180 Å². The third kappa shape index (κ3) is 5.27. The van der Waals surface area contributed by atoms with Crippen molar-refractivity contribution in [2.75, 3.05) is 16.4 Å². The molecule has 0 aliphatic rings. The van der Waals surface area contributed by atoms with Gasteiger partial charge in [-0.3, -0.25) is 9.59 Å². The molecule has 0 aliphatic heterocycles. The summed E-state index contributed by atoms with van der Waals surface area (Å²) in [6.45, 7) is 8.19. The number of thioether (sulfide) groups is 1. The minimum absolute atomic E-state index is 0.0943. The van der Waals surface area contributed by atoms with Gasteiger partial charge in [-0.15, -0.1) is 10.2 Å². The maximum Gasteiger partial charge on any atom is 0.234 e. The highest BCUT2D eigenvalue weighted by Gasteiger charge is 2.15. The van der Waals surface area contributed by atoms with Gasteiger partial charge in [-0.25, -0.2) is 0 Å². The Bertz CT molecular complexity index is 1080. The van der Waals surface area contributed by atoms with Crippen molar-refractivity contribution in [3.8, 4) is 11.4 Å². The number of amides is 2. The van der Waals surface area contributed by atoms with Crippen LogP contribution in [-0.4, -0.2) is 32.3 Å². The Morgan fingerprint density at radius 2 is 1.77 bits per heavy atom. The Kier molecular flexibility index (Phi) is 6.89. The molecular weight excluding hydrogens is 398 g/mol. The number of aryl methyl sites for hydroxylation is 2. The van der Waals surface area contributed by atoms with Gasteiger partial charge in [-0.2, -0.15) is 0 Å². The van der Waals surface area contributed by atoms with Crippen LogP contribution in [0.3, 0.4) is 0 Å². The lowest BCUT2D eigenvalue weighted by molar-refractivity contribution is -0.114. The zero-order chi connectivity index (χ0) is 21.7. The molecule has 0 saturated heterocycles. The highest BCUT2D eigenvalue weighted by atomic mass is 32.2. The molecule has 0 aliphatic carbocycles. The molecule has 1 heterocycles. The Morgan fingerprint density at radius 1 is 1.00 bits per heavy atom. The molecule has 0 atom stereocenters. The maximum absolute atomic E-state index is 12.4. The molecule has 30 heavy (non-hydrogen) atoms. The van der Waals surface area contributed by atoms with Crippen LogP contribution in [0.2, 0.25) is 0 Å². The number of aromatic nitrogens is 3. The van der Waals surface area contributed by atoms with Crippen molar-refractivity contribution >= 4 is 35.0 Å². The topological polar surface area (TPSA) is 88.9 Å². The zero-order valence-electron chi connectivity index (χ0n) is 17.5. The predicted molar refractivity (Wildman–Crippen MR) is 121 cm³/mol. The quantitative estimate of drug-likeness (QED) is 0.554. The van der Waals surface area contributed by atoms with E-state index in [0.717, 1.165) is 16.8 Å². The molecule has 0 spiro atoms. The summed E-state index contributed by atoms with van der Waals surface area (Å²) < 4.78 is 1.96. The number of carbonyl (C=O) groups excluding carboxylic acids is 2. The van der Waals surface area contributed by atoms with Crippen LogP contribution in [0.1, 0.15) is 25.0 Å². The van der Waals surface area contributed by atoms with Crippen molar-refractivity contribution in [2.24, 2.45) is 0 Å². The van der Waals surface area contributed by atoms with Gasteiger partial charge >= 0.3 is 0 Å². The molecule has 156 valence electrons. The van der Waals surface area contributed by atoms with Crippen molar-refractivity contribution in [3.05, 3.63) is 53.6 Å². The monoisotopic (exact) mass is 423 g/mol. The number of anilines is 2. The highest BCUT2D eigenvalue weighted by Crippen LogP contribution is 2.26. The average Bonchev–Trinajstić information content (AvgIpc) is 3.12. The van der Waals surface area contributed by atoms with Crippen molar-refractivity contribution in [1.29, 1.82) is 0 Å². The van der Waals surface area contributed by atoms with Gasteiger partial charge in [0.15, 0.2) is 11.0 Å². The van der Waals surface area contributed by atoms with Gasteiger partial charge in [0, 0.05) is 30.4 Å². The lowest BCUT2D eigenvalue weighted by Gasteiger charge is -2.10. The minimum Gasteiger partial charge on any atom is -0.326 e. The molecular formula is C22H25N5O2S. The number of benzene rings is 2. The molecule has 1 aromatic heterocycles. The summed E-state index contributed by atoms with van der Waals surface area (Å²) in [5.41, 5.74) is 4.66. The molecule has 0 bridgehead atoms. The van der Waals surface area contributed by atoms with E-state index in [0.29, 0.717) is 23.2 Å². The van der Waals surface area contributed by atoms with Gasteiger partial charge < -0.3 is 15.2 Å². The van der Waals surface area contributed by atoms with Crippen LogP contribution in [-0.2, 0) is 16.1 Å². The van der Waals surface area contributed by atoms with E-state index in [4.69, 9.17) is 0 Å². The van der Waals surface area contributed by atoms with E-state index in [2.05, 4.69) is 20.8 Å². The highest BCUT2D eigenvalue weighted by molar-refractivity contribution is 7.99. The fourth-order valence-corrected chi connectivity index (χ4v) is 3.78. The Hall–Kier alpha value is -3.13. The number of nitrogens with one attached hydrogen (secondary N) is 2. The normalized spacial score (nSPS) is 10.7. The van der Waals surface area contributed by atoms with E-state index in [1.165, 1.54) is 24.2 Å². The molecule has 0 radical (unpaired) electrons. The maximum atomic E-state index is 12.4. The first-order valence-electron chi connectivity index (χ1n) is 9.68. The smallest absolute Gasteiger partial charge is 0.234 e. The first-order chi connectivity index (χ1) is 14.4. The van der Waals surface area contributed by atoms with Crippen LogP contribution in [0.5, 0.6) is 0 Å². The van der Waals surface area contributed by atoms with E-state index < -0.39 is 0 Å². The fraction of sp³-hybridized carbons (Fsp3) is 0.273. The molecule has 3 rings (SSSR count).